The van der Waals surface area contributed by atoms with Crippen molar-refractivity contribution < 1.29 is 9.66 Å². The molecule has 0 aliphatic carbocycles. The molecule has 0 radical (unpaired) electrons. The molecular formula is C12H16BrNO3. The summed E-state index contributed by atoms with van der Waals surface area (Å²) in [5, 5.41) is 10.7. The molecule has 0 aromatic heterocycles. The van der Waals surface area contributed by atoms with E-state index in [-0.39, 0.29) is 10.6 Å². The normalized spacial score (nSPS) is 14.1. The molecule has 1 rings (SSSR count). The van der Waals surface area contributed by atoms with Gasteiger partial charge < -0.3 is 4.74 Å². The number of ether oxygens (including phenoxy) is 1. The molecule has 0 N–H and O–H groups in total. The molecule has 1 aromatic rings. The Balaban J connectivity index is 3.02. The van der Waals surface area contributed by atoms with E-state index in [1.54, 1.807) is 19.2 Å². The molecule has 2 atom stereocenters. The van der Waals surface area contributed by atoms with Crippen LogP contribution in [0.1, 0.15) is 19.4 Å². The predicted molar refractivity (Wildman–Crippen MR) is 70.9 cm³/mol. The summed E-state index contributed by atoms with van der Waals surface area (Å²) in [5.74, 6) is 1.08. The predicted octanol–water partition coefficient (Wildman–Crippen LogP) is 3.57. The maximum absolute atomic E-state index is 10.7. The number of hydrogen-bond donors (Lipinski definition) is 0. The van der Waals surface area contributed by atoms with Crippen molar-refractivity contribution in [1.82, 2.24) is 0 Å². The average Bonchev–Trinajstić information content (AvgIpc) is 2.28. The summed E-state index contributed by atoms with van der Waals surface area (Å²) in [6.07, 6.45) is 0.747. The Morgan fingerprint density at radius 1 is 1.47 bits per heavy atom. The number of nitrogens with zero attached hydrogens (tertiary/aromatic N) is 1. The van der Waals surface area contributed by atoms with E-state index in [9.17, 15) is 10.1 Å². The zero-order valence-corrected chi connectivity index (χ0v) is 11.7. The first-order valence-corrected chi connectivity index (χ1v) is 6.32. The van der Waals surface area contributed by atoms with Crippen LogP contribution in [0.2, 0.25) is 0 Å². The van der Waals surface area contributed by atoms with E-state index in [4.69, 9.17) is 4.74 Å². The number of nitro groups is 1. The monoisotopic (exact) mass is 301 g/mol. The third kappa shape index (κ3) is 3.70. The highest BCUT2D eigenvalue weighted by atomic mass is 79.9. The number of alkyl halides is 1. The quantitative estimate of drug-likeness (QED) is 0.474. The lowest BCUT2D eigenvalue weighted by Crippen LogP contribution is -2.10. The molecule has 5 heteroatoms. The van der Waals surface area contributed by atoms with Crippen LogP contribution in [0.25, 0.3) is 0 Å². The zero-order chi connectivity index (χ0) is 13.0. The number of benzene rings is 1. The Labute approximate surface area is 109 Å². The number of nitro benzene ring substituents is 1. The Bertz CT molecular complexity index is 407. The standard InChI is InChI=1S/C12H16BrNO3/c1-8(9(2)13)6-10-7-11(14(15)16)4-5-12(10)17-3/h4-5,7-9H,6H2,1-3H3. The maximum Gasteiger partial charge on any atom is 0.269 e. The van der Waals surface area contributed by atoms with Gasteiger partial charge in [-0.15, -0.1) is 0 Å². The minimum Gasteiger partial charge on any atom is -0.496 e. The highest BCUT2D eigenvalue weighted by molar-refractivity contribution is 9.09. The molecule has 0 amide bonds. The van der Waals surface area contributed by atoms with Crippen LogP contribution in [-0.4, -0.2) is 16.9 Å². The summed E-state index contributed by atoms with van der Waals surface area (Å²) in [6, 6.07) is 4.70. The lowest BCUT2D eigenvalue weighted by molar-refractivity contribution is -0.384. The molecule has 0 saturated carbocycles. The molecule has 0 bridgehead atoms. The second-order valence-corrected chi connectivity index (χ2v) is 5.56. The van der Waals surface area contributed by atoms with Gasteiger partial charge in [0.2, 0.25) is 0 Å². The second kappa shape index (κ2) is 6.00. The Kier molecular flexibility index (Phi) is 4.93. The van der Waals surface area contributed by atoms with Crippen molar-refractivity contribution in [2.75, 3.05) is 7.11 Å². The maximum atomic E-state index is 10.7. The van der Waals surface area contributed by atoms with Gasteiger partial charge in [-0.3, -0.25) is 10.1 Å². The fourth-order valence-corrected chi connectivity index (χ4v) is 1.73. The minimum atomic E-state index is -0.384. The van der Waals surface area contributed by atoms with Crippen LogP contribution in [0.15, 0.2) is 18.2 Å². The van der Waals surface area contributed by atoms with Crippen LogP contribution in [0.3, 0.4) is 0 Å². The molecule has 1 aromatic carbocycles. The van der Waals surface area contributed by atoms with Crippen LogP contribution in [0.5, 0.6) is 5.75 Å². The summed E-state index contributed by atoms with van der Waals surface area (Å²) in [4.78, 5) is 10.7. The molecule has 0 aliphatic rings. The van der Waals surface area contributed by atoms with E-state index >= 15 is 0 Å². The van der Waals surface area contributed by atoms with Gasteiger partial charge >= 0.3 is 0 Å². The van der Waals surface area contributed by atoms with Crippen LogP contribution >= 0.6 is 15.9 Å². The largest absolute Gasteiger partial charge is 0.496 e. The Morgan fingerprint density at radius 3 is 2.59 bits per heavy atom. The lowest BCUT2D eigenvalue weighted by Gasteiger charge is -2.16. The van der Waals surface area contributed by atoms with E-state index in [1.807, 2.05) is 0 Å². The first-order chi connectivity index (χ1) is 7.95. The Morgan fingerprint density at radius 2 is 2.12 bits per heavy atom. The third-order valence-electron chi connectivity index (χ3n) is 2.80. The second-order valence-electron chi connectivity index (χ2n) is 4.11. The van der Waals surface area contributed by atoms with Gasteiger partial charge in [0.15, 0.2) is 0 Å². The number of non-ortho nitro benzene ring substituents is 1. The van der Waals surface area contributed by atoms with Crippen molar-refractivity contribution in [3.63, 3.8) is 0 Å². The molecule has 2 unspecified atom stereocenters. The third-order valence-corrected chi connectivity index (χ3v) is 3.70. The summed E-state index contributed by atoms with van der Waals surface area (Å²) in [5.41, 5.74) is 0.982. The Hall–Kier alpha value is -1.10. The summed E-state index contributed by atoms with van der Waals surface area (Å²) >= 11 is 3.52. The highest BCUT2D eigenvalue weighted by Crippen LogP contribution is 2.28. The van der Waals surface area contributed by atoms with E-state index < -0.39 is 0 Å². The van der Waals surface area contributed by atoms with Crippen molar-refractivity contribution in [2.24, 2.45) is 5.92 Å². The van der Waals surface area contributed by atoms with E-state index in [1.165, 1.54) is 6.07 Å². The van der Waals surface area contributed by atoms with E-state index in [0.717, 1.165) is 12.0 Å². The summed E-state index contributed by atoms with van der Waals surface area (Å²) < 4.78 is 5.22. The first-order valence-electron chi connectivity index (χ1n) is 5.41. The average molecular weight is 302 g/mol. The van der Waals surface area contributed by atoms with Crippen molar-refractivity contribution in [3.05, 3.63) is 33.9 Å². The molecular weight excluding hydrogens is 286 g/mol. The minimum absolute atomic E-state index is 0.107. The van der Waals surface area contributed by atoms with Gasteiger partial charge in [0.25, 0.3) is 5.69 Å². The molecule has 0 saturated heterocycles. The van der Waals surface area contributed by atoms with E-state index in [2.05, 4.69) is 29.8 Å². The summed E-state index contributed by atoms with van der Waals surface area (Å²) in [7, 11) is 1.58. The highest BCUT2D eigenvalue weighted by Gasteiger charge is 2.16. The van der Waals surface area contributed by atoms with Gasteiger partial charge in [-0.25, -0.2) is 0 Å². The topological polar surface area (TPSA) is 52.4 Å². The molecule has 4 nitrogen and oxygen atoms in total. The number of rotatable bonds is 5. The number of methoxy groups -OCH3 is 1. The molecule has 0 aliphatic heterocycles. The zero-order valence-electron chi connectivity index (χ0n) is 10.1. The van der Waals surface area contributed by atoms with Gasteiger partial charge in [0.1, 0.15) is 5.75 Å². The smallest absolute Gasteiger partial charge is 0.269 e. The van der Waals surface area contributed by atoms with Crippen LogP contribution in [-0.2, 0) is 6.42 Å². The fourth-order valence-electron chi connectivity index (χ4n) is 1.55. The van der Waals surface area contributed by atoms with Gasteiger partial charge in [0, 0.05) is 22.5 Å². The molecule has 0 spiro atoms. The molecule has 0 fully saturated rings. The van der Waals surface area contributed by atoms with Crippen LogP contribution in [0, 0.1) is 16.0 Å². The molecule has 94 valence electrons. The molecule has 0 heterocycles. The SMILES string of the molecule is COc1ccc([N+](=O)[O-])cc1CC(C)C(C)Br. The van der Waals surface area contributed by atoms with Crippen molar-refractivity contribution in [2.45, 2.75) is 25.1 Å². The van der Waals surface area contributed by atoms with Gasteiger partial charge in [-0.1, -0.05) is 29.8 Å². The van der Waals surface area contributed by atoms with Crippen molar-refractivity contribution in [1.29, 1.82) is 0 Å². The van der Waals surface area contributed by atoms with E-state index in [0.29, 0.717) is 16.5 Å². The number of hydrogen-bond acceptors (Lipinski definition) is 3. The van der Waals surface area contributed by atoms with Gasteiger partial charge in [0.05, 0.1) is 12.0 Å². The number of halogens is 1. The lowest BCUT2D eigenvalue weighted by atomic mass is 9.98. The summed E-state index contributed by atoms with van der Waals surface area (Å²) in [6.45, 7) is 4.16. The van der Waals surface area contributed by atoms with Gasteiger partial charge in [-0.2, -0.15) is 0 Å². The van der Waals surface area contributed by atoms with Crippen molar-refractivity contribution in [3.8, 4) is 5.75 Å². The van der Waals surface area contributed by atoms with Gasteiger partial charge in [-0.05, 0) is 18.4 Å². The fraction of sp³-hybridized carbons (Fsp3) is 0.500. The van der Waals surface area contributed by atoms with Crippen LogP contribution < -0.4 is 4.74 Å². The first kappa shape index (κ1) is 14.0. The van der Waals surface area contributed by atoms with Crippen LogP contribution in [0.4, 0.5) is 5.69 Å². The molecule has 17 heavy (non-hydrogen) atoms. The van der Waals surface area contributed by atoms with Crippen molar-refractivity contribution >= 4 is 21.6 Å².